The van der Waals surface area contributed by atoms with Crippen molar-refractivity contribution in [3.05, 3.63) is 29.8 Å². The number of aliphatic hydroxyl groups is 2. The van der Waals surface area contributed by atoms with Crippen molar-refractivity contribution >= 4 is 29.7 Å². The number of aliphatic imine (C=N–C) groups is 1. The number of nitrogens with one attached hydrogen (secondary N) is 3. The Morgan fingerprint density at radius 2 is 1.45 bits per heavy atom. The summed E-state index contributed by atoms with van der Waals surface area (Å²) in [6.07, 6.45) is -2.41. The Labute approximate surface area is 219 Å². The Kier molecular flexibility index (Phi) is 12.9. The average Bonchev–Trinajstić information content (AvgIpc) is 2.83. The number of carboxylic acid groups (broad SMARTS) is 1. The molecule has 15 nitrogen and oxygen atoms in total. The first-order valence-electron chi connectivity index (χ1n) is 11.8. The highest BCUT2D eigenvalue weighted by molar-refractivity contribution is 5.94. The third-order valence-electron chi connectivity index (χ3n) is 5.42. The molecule has 0 aliphatic heterocycles. The second kappa shape index (κ2) is 15.3. The number of guanidine groups is 1. The Hall–Kier alpha value is -3.95. The molecule has 0 spiro atoms. The quantitative estimate of drug-likeness (QED) is 0.0596. The van der Waals surface area contributed by atoms with Crippen molar-refractivity contribution in [1.82, 2.24) is 16.0 Å². The molecule has 0 aromatic heterocycles. The molecule has 15 heteroatoms. The SMILES string of the molecule is CC(O)C(NC(=O)C(NC(=O)C(Cc1ccc(O)cc1)NC(=O)C(N)CCCN=C(N)N)C(C)O)C(=O)O. The fraction of sp³-hybridized carbons (Fsp3) is 0.522. The summed E-state index contributed by atoms with van der Waals surface area (Å²) < 4.78 is 0. The molecule has 13 N–H and O–H groups in total. The Balaban J connectivity index is 3.06. The number of aliphatic carboxylic acids is 1. The Morgan fingerprint density at radius 3 is 1.95 bits per heavy atom. The topological polar surface area (TPSA) is 276 Å². The smallest absolute Gasteiger partial charge is 0.328 e. The van der Waals surface area contributed by atoms with E-state index in [-0.39, 0.29) is 31.1 Å². The van der Waals surface area contributed by atoms with Gasteiger partial charge >= 0.3 is 5.97 Å². The Morgan fingerprint density at radius 1 is 0.895 bits per heavy atom. The van der Waals surface area contributed by atoms with E-state index in [1.54, 1.807) is 0 Å². The molecule has 6 unspecified atom stereocenters. The molecule has 0 saturated heterocycles. The van der Waals surface area contributed by atoms with Crippen LogP contribution in [0.25, 0.3) is 0 Å². The zero-order valence-electron chi connectivity index (χ0n) is 21.2. The van der Waals surface area contributed by atoms with Gasteiger partial charge in [0.05, 0.1) is 18.2 Å². The zero-order valence-corrected chi connectivity index (χ0v) is 21.2. The molecule has 212 valence electrons. The molecule has 1 aromatic carbocycles. The van der Waals surface area contributed by atoms with Crippen molar-refractivity contribution < 1.29 is 39.6 Å². The summed E-state index contributed by atoms with van der Waals surface area (Å²) >= 11 is 0. The van der Waals surface area contributed by atoms with E-state index in [1.165, 1.54) is 31.2 Å². The molecular weight excluding hydrogens is 502 g/mol. The largest absolute Gasteiger partial charge is 0.508 e. The maximum Gasteiger partial charge on any atom is 0.328 e. The molecule has 0 radical (unpaired) electrons. The highest BCUT2D eigenvalue weighted by Gasteiger charge is 2.34. The lowest BCUT2D eigenvalue weighted by atomic mass is 10.0. The van der Waals surface area contributed by atoms with Crippen molar-refractivity contribution in [2.45, 2.75) is 69.5 Å². The maximum atomic E-state index is 13.2. The normalized spacial score (nSPS) is 15.6. The first-order chi connectivity index (χ1) is 17.7. The summed E-state index contributed by atoms with van der Waals surface area (Å²) in [7, 11) is 0. The molecule has 3 amide bonds. The zero-order chi connectivity index (χ0) is 29.0. The predicted molar refractivity (Wildman–Crippen MR) is 136 cm³/mol. The number of benzene rings is 1. The summed E-state index contributed by atoms with van der Waals surface area (Å²) in [5.41, 5.74) is 17.0. The van der Waals surface area contributed by atoms with Crippen molar-refractivity contribution in [3.63, 3.8) is 0 Å². The molecule has 6 atom stereocenters. The molecule has 0 aliphatic carbocycles. The number of phenols is 1. The number of nitrogens with zero attached hydrogens (tertiary/aromatic N) is 1. The highest BCUT2D eigenvalue weighted by atomic mass is 16.4. The van der Waals surface area contributed by atoms with Crippen LogP contribution in [0.15, 0.2) is 29.3 Å². The van der Waals surface area contributed by atoms with Crippen LogP contribution in [0.1, 0.15) is 32.3 Å². The lowest BCUT2D eigenvalue weighted by molar-refractivity contribution is -0.146. The number of rotatable bonds is 15. The molecular formula is C23H37N7O8. The number of carboxylic acids is 1. The predicted octanol–water partition coefficient (Wildman–Crippen LogP) is -3.38. The van der Waals surface area contributed by atoms with E-state index in [2.05, 4.69) is 20.9 Å². The van der Waals surface area contributed by atoms with Crippen molar-refractivity contribution in [2.24, 2.45) is 22.2 Å². The molecule has 0 heterocycles. The van der Waals surface area contributed by atoms with Crippen LogP contribution >= 0.6 is 0 Å². The van der Waals surface area contributed by atoms with Gasteiger partial charge in [-0.05, 0) is 44.4 Å². The number of amides is 3. The van der Waals surface area contributed by atoms with E-state index in [0.29, 0.717) is 12.0 Å². The molecule has 1 rings (SSSR count). The third-order valence-corrected chi connectivity index (χ3v) is 5.42. The minimum absolute atomic E-state index is 0.0153. The minimum atomic E-state index is -1.69. The molecule has 0 bridgehead atoms. The second-order valence-corrected chi connectivity index (χ2v) is 8.78. The number of carbonyl (C=O) groups is 4. The maximum absolute atomic E-state index is 13.2. The van der Waals surface area contributed by atoms with E-state index in [1.807, 2.05) is 0 Å². The summed E-state index contributed by atoms with van der Waals surface area (Å²) in [6, 6.07) is 0.229. The van der Waals surface area contributed by atoms with E-state index in [9.17, 15) is 39.6 Å². The van der Waals surface area contributed by atoms with Gasteiger partial charge in [-0.25, -0.2) is 4.79 Å². The van der Waals surface area contributed by atoms with Gasteiger partial charge in [0, 0.05) is 13.0 Å². The first-order valence-corrected chi connectivity index (χ1v) is 11.8. The number of carbonyl (C=O) groups excluding carboxylic acids is 3. The van der Waals surface area contributed by atoms with Gasteiger partial charge in [-0.1, -0.05) is 12.1 Å². The van der Waals surface area contributed by atoms with Crippen LogP contribution in [0.4, 0.5) is 0 Å². The minimum Gasteiger partial charge on any atom is -0.508 e. The van der Waals surface area contributed by atoms with E-state index in [0.717, 1.165) is 6.92 Å². The fourth-order valence-corrected chi connectivity index (χ4v) is 3.30. The number of phenolic OH excluding ortho intramolecular Hbond substituents is 1. The number of hydrogen-bond acceptors (Lipinski definition) is 9. The molecule has 0 saturated carbocycles. The van der Waals surface area contributed by atoms with Gasteiger partial charge < -0.3 is 53.6 Å². The number of nitrogens with two attached hydrogens (primary N) is 3. The third kappa shape index (κ3) is 11.0. The van der Waals surface area contributed by atoms with E-state index in [4.69, 9.17) is 17.2 Å². The van der Waals surface area contributed by atoms with Gasteiger partial charge in [0.25, 0.3) is 0 Å². The van der Waals surface area contributed by atoms with Gasteiger partial charge in [-0.3, -0.25) is 19.4 Å². The van der Waals surface area contributed by atoms with Crippen LogP contribution in [0.5, 0.6) is 5.75 Å². The number of aliphatic hydroxyl groups excluding tert-OH is 2. The highest BCUT2D eigenvalue weighted by Crippen LogP contribution is 2.12. The number of hydrogen-bond donors (Lipinski definition) is 10. The summed E-state index contributed by atoms with van der Waals surface area (Å²) in [5.74, 6) is -4.24. The van der Waals surface area contributed by atoms with Crippen LogP contribution in [0.2, 0.25) is 0 Å². The van der Waals surface area contributed by atoms with E-state index < -0.39 is 60.1 Å². The van der Waals surface area contributed by atoms with Crippen molar-refractivity contribution in [3.8, 4) is 5.75 Å². The Bertz CT molecular complexity index is 980. The lowest BCUT2D eigenvalue weighted by Crippen LogP contribution is -2.61. The van der Waals surface area contributed by atoms with Crippen LogP contribution in [0.3, 0.4) is 0 Å². The van der Waals surface area contributed by atoms with Gasteiger partial charge in [-0.2, -0.15) is 0 Å². The van der Waals surface area contributed by atoms with Crippen LogP contribution in [-0.4, -0.2) is 93.0 Å². The van der Waals surface area contributed by atoms with Gasteiger partial charge in [0.2, 0.25) is 17.7 Å². The van der Waals surface area contributed by atoms with Crippen LogP contribution in [-0.2, 0) is 25.6 Å². The summed E-state index contributed by atoms with van der Waals surface area (Å²) in [4.78, 5) is 53.7. The summed E-state index contributed by atoms with van der Waals surface area (Å²) in [6.45, 7) is 2.59. The van der Waals surface area contributed by atoms with Crippen molar-refractivity contribution in [1.29, 1.82) is 0 Å². The second-order valence-electron chi connectivity index (χ2n) is 8.78. The van der Waals surface area contributed by atoms with E-state index >= 15 is 0 Å². The first kappa shape index (κ1) is 32.1. The molecule has 38 heavy (non-hydrogen) atoms. The van der Waals surface area contributed by atoms with Crippen LogP contribution in [0, 0.1) is 0 Å². The van der Waals surface area contributed by atoms with Gasteiger partial charge in [0.1, 0.15) is 17.8 Å². The van der Waals surface area contributed by atoms with Crippen LogP contribution < -0.4 is 33.2 Å². The summed E-state index contributed by atoms with van der Waals surface area (Å²) in [5, 5.41) is 45.3. The lowest BCUT2D eigenvalue weighted by Gasteiger charge is -2.27. The average molecular weight is 540 g/mol. The molecule has 0 fully saturated rings. The number of aromatic hydroxyl groups is 1. The molecule has 1 aromatic rings. The monoisotopic (exact) mass is 539 g/mol. The molecule has 0 aliphatic rings. The van der Waals surface area contributed by atoms with Gasteiger partial charge in [-0.15, -0.1) is 0 Å². The fourth-order valence-electron chi connectivity index (χ4n) is 3.30. The standard InChI is InChI=1S/C23H37N7O8/c1-11(31)17(21(36)30-18(12(2)32)22(37)38)29-20(35)16(10-13-5-7-14(33)8-6-13)28-19(34)15(24)4-3-9-27-23(25)26/h5-8,11-12,15-18,31-33H,3-4,9-10,24H2,1-2H3,(H,28,34)(H,29,35)(H,30,36)(H,37,38)(H4,25,26,27). The van der Waals surface area contributed by atoms with Gasteiger partial charge in [0.15, 0.2) is 12.0 Å². The van der Waals surface area contributed by atoms with Crippen molar-refractivity contribution in [2.75, 3.05) is 6.54 Å².